The topological polar surface area (TPSA) is 206 Å². The molecule has 318 valence electrons. The second kappa shape index (κ2) is 19.9. The van der Waals surface area contributed by atoms with Crippen LogP contribution in [0.25, 0.3) is 10.2 Å². The molecular weight excluding hydrogens is 825 g/mol. The van der Waals surface area contributed by atoms with Gasteiger partial charge in [0.05, 0.1) is 28.0 Å². The van der Waals surface area contributed by atoms with Crippen molar-refractivity contribution in [1.29, 1.82) is 0 Å². The fourth-order valence-corrected chi connectivity index (χ4v) is 7.76. The van der Waals surface area contributed by atoms with E-state index in [-0.39, 0.29) is 22.1 Å². The summed E-state index contributed by atoms with van der Waals surface area (Å²) in [6.07, 6.45) is -7.35. The molecule has 0 aliphatic carbocycles. The molecule has 4 heterocycles. The van der Waals surface area contributed by atoms with Gasteiger partial charge in [-0.3, -0.25) is 14.5 Å². The number of ether oxygens (including phenoxy) is 1. The summed E-state index contributed by atoms with van der Waals surface area (Å²) in [5, 5.41) is 41.1. The largest absolute Gasteiger partial charge is 0.506 e. The maximum Gasteiger partial charge on any atom is 0.490 e. The zero-order valence-electron chi connectivity index (χ0n) is 30.9. The Labute approximate surface area is 334 Å². The molecule has 0 radical (unpaired) electrons. The SMILES string of the molecule is Cc1nc(C(=O)N2CCOC3(CCN(Cc4cccc(CCNC[C@H](O)c5ccc(O)c6[nH]c(=O)sc56)c4)CC3)CC2)cs1.O=C(O)C(F)(F)F.O=C(O)C(F)(F)F. The Morgan fingerprint density at radius 1 is 0.983 bits per heavy atom. The van der Waals surface area contributed by atoms with Crippen LogP contribution in [-0.4, -0.2) is 122 Å². The molecule has 2 aliphatic heterocycles. The average molecular weight is 866 g/mol. The van der Waals surface area contributed by atoms with E-state index in [0.29, 0.717) is 54.3 Å². The second-order valence-corrected chi connectivity index (χ2v) is 15.4. The smallest absolute Gasteiger partial charge is 0.490 e. The molecule has 22 heteroatoms. The quantitative estimate of drug-likeness (QED) is 0.0962. The molecule has 2 aromatic heterocycles. The molecule has 0 saturated carbocycles. The highest BCUT2D eigenvalue weighted by Gasteiger charge is 2.40. The summed E-state index contributed by atoms with van der Waals surface area (Å²) in [6.45, 7) is 7.66. The number of aryl methyl sites for hydroxylation is 1. The van der Waals surface area contributed by atoms with E-state index in [1.54, 1.807) is 6.07 Å². The number of aromatic nitrogens is 2. The van der Waals surface area contributed by atoms with E-state index in [9.17, 15) is 46.1 Å². The van der Waals surface area contributed by atoms with E-state index in [1.165, 1.54) is 28.5 Å². The number of aromatic amines is 1. The van der Waals surface area contributed by atoms with Crippen LogP contribution in [0, 0.1) is 6.92 Å². The Balaban J connectivity index is 0.000000456. The maximum absolute atomic E-state index is 12.9. The van der Waals surface area contributed by atoms with Crippen LogP contribution >= 0.6 is 22.7 Å². The van der Waals surface area contributed by atoms with E-state index >= 15 is 0 Å². The molecule has 2 aliphatic rings. The molecule has 58 heavy (non-hydrogen) atoms. The van der Waals surface area contributed by atoms with Gasteiger partial charge in [-0.1, -0.05) is 41.7 Å². The van der Waals surface area contributed by atoms with Gasteiger partial charge >= 0.3 is 29.2 Å². The van der Waals surface area contributed by atoms with Crippen molar-refractivity contribution in [2.45, 2.75) is 63.2 Å². The maximum atomic E-state index is 12.9. The number of carbonyl (C=O) groups is 3. The number of aromatic hydroxyl groups is 1. The molecule has 1 atom stereocenters. The van der Waals surface area contributed by atoms with Gasteiger partial charge in [-0.15, -0.1) is 11.3 Å². The van der Waals surface area contributed by atoms with E-state index in [0.717, 1.165) is 61.7 Å². The van der Waals surface area contributed by atoms with Crippen molar-refractivity contribution in [3.8, 4) is 5.75 Å². The fourth-order valence-electron chi connectivity index (χ4n) is 6.26. The Bertz CT molecular complexity index is 2060. The van der Waals surface area contributed by atoms with E-state index < -0.39 is 30.4 Å². The normalized spacial score (nSPS) is 16.4. The third-order valence-corrected chi connectivity index (χ3v) is 11.0. The molecule has 14 nitrogen and oxygen atoms in total. The van der Waals surface area contributed by atoms with E-state index in [2.05, 4.69) is 44.5 Å². The van der Waals surface area contributed by atoms with Crippen molar-refractivity contribution in [3.05, 3.63) is 78.8 Å². The van der Waals surface area contributed by atoms with E-state index in [4.69, 9.17) is 24.5 Å². The number of H-pyrrole nitrogens is 1. The predicted molar refractivity (Wildman–Crippen MR) is 200 cm³/mol. The minimum atomic E-state index is -5.08. The number of alkyl halides is 6. The number of thiazole rings is 2. The number of hydrogen-bond acceptors (Lipinski definition) is 12. The molecule has 6 rings (SSSR count). The fraction of sp³-hybridized carbons (Fsp3) is 0.472. The summed E-state index contributed by atoms with van der Waals surface area (Å²) in [5.41, 5.74) is 3.91. The Morgan fingerprint density at radius 2 is 1.60 bits per heavy atom. The predicted octanol–water partition coefficient (Wildman–Crippen LogP) is 5.09. The van der Waals surface area contributed by atoms with Gasteiger partial charge in [0, 0.05) is 50.2 Å². The first-order chi connectivity index (χ1) is 27.2. The Morgan fingerprint density at radius 3 is 2.21 bits per heavy atom. The summed E-state index contributed by atoms with van der Waals surface area (Å²) in [5.74, 6) is -5.50. The number of phenols is 1. The van der Waals surface area contributed by atoms with Gasteiger partial charge in [0.1, 0.15) is 17.0 Å². The van der Waals surface area contributed by atoms with Crippen LogP contribution in [0.1, 0.15) is 57.6 Å². The monoisotopic (exact) mass is 865 g/mol. The molecular formula is C36H41F6N5O9S2. The number of nitrogens with one attached hydrogen (secondary N) is 2. The van der Waals surface area contributed by atoms with Gasteiger partial charge in [0.25, 0.3) is 5.91 Å². The van der Waals surface area contributed by atoms with Crippen molar-refractivity contribution in [1.82, 2.24) is 25.1 Å². The number of nitrogens with zero attached hydrogens (tertiary/aromatic N) is 3. The lowest BCUT2D eigenvalue weighted by atomic mass is 9.87. The Hall–Kier alpha value is -4.61. The molecule has 2 aromatic carbocycles. The van der Waals surface area contributed by atoms with Crippen molar-refractivity contribution in [3.63, 3.8) is 0 Å². The summed E-state index contributed by atoms with van der Waals surface area (Å²) in [7, 11) is 0. The van der Waals surface area contributed by atoms with Crippen molar-refractivity contribution < 1.29 is 65.9 Å². The number of amides is 1. The van der Waals surface area contributed by atoms with Gasteiger partial charge in [-0.05, 0) is 56.3 Å². The number of benzene rings is 2. The number of carboxylic acid groups (broad SMARTS) is 2. The van der Waals surface area contributed by atoms with Crippen LogP contribution in [0.5, 0.6) is 5.75 Å². The van der Waals surface area contributed by atoms with Crippen LogP contribution in [0.15, 0.2) is 46.6 Å². The Kier molecular flexibility index (Phi) is 15.8. The zero-order valence-corrected chi connectivity index (χ0v) is 32.5. The summed E-state index contributed by atoms with van der Waals surface area (Å²) >= 11 is 2.50. The number of aliphatic hydroxyl groups excluding tert-OH is 1. The highest BCUT2D eigenvalue weighted by atomic mass is 32.1. The third-order valence-electron chi connectivity index (χ3n) is 9.26. The first-order valence-electron chi connectivity index (χ1n) is 17.7. The van der Waals surface area contributed by atoms with Crippen LogP contribution in [0.4, 0.5) is 26.3 Å². The first kappa shape index (κ1) is 46.1. The van der Waals surface area contributed by atoms with Crippen molar-refractivity contribution >= 4 is 50.7 Å². The number of aliphatic carboxylic acids is 2. The molecule has 4 aromatic rings. The first-order valence-corrected chi connectivity index (χ1v) is 19.4. The second-order valence-electron chi connectivity index (χ2n) is 13.4. The lowest BCUT2D eigenvalue weighted by Gasteiger charge is -2.41. The third kappa shape index (κ3) is 13.2. The van der Waals surface area contributed by atoms with Gasteiger partial charge in [0.15, 0.2) is 0 Å². The molecule has 0 unspecified atom stereocenters. The van der Waals surface area contributed by atoms with Crippen LogP contribution in [-0.2, 0) is 27.3 Å². The summed E-state index contributed by atoms with van der Waals surface area (Å²) in [6, 6.07) is 11.8. The minimum Gasteiger partial charge on any atom is -0.506 e. The number of rotatable bonds is 9. The number of piperidine rings is 1. The average Bonchev–Trinajstić information content (AvgIpc) is 3.71. The number of carboxylic acids is 2. The summed E-state index contributed by atoms with van der Waals surface area (Å²) in [4.78, 5) is 53.6. The molecule has 0 bridgehead atoms. The number of likely N-dealkylation sites (tertiary alicyclic amines) is 1. The minimum absolute atomic E-state index is 0.00595. The molecule has 6 N–H and O–H groups in total. The lowest BCUT2D eigenvalue weighted by Crippen LogP contribution is -2.46. The lowest BCUT2D eigenvalue weighted by molar-refractivity contribution is -0.193. The standard InChI is InChI=1S/C32H39N5O5S2.2C2HF3O2/c1-21-34-25(20-43-21)30(40)37-14-10-32(42-16-15-37)8-12-36(13-9-32)19-23-4-2-3-22(17-23)7-11-33-18-27(39)24-5-6-26(38)28-29(24)44-31(41)35-28;2*3-2(4,5)1(6)7/h2-6,17,20,27,33,38-39H,7-16,18-19H2,1H3,(H,35,41);2*(H,6,7)/t27-;;/m0../s1. The van der Waals surface area contributed by atoms with Crippen molar-refractivity contribution in [2.75, 3.05) is 45.9 Å². The number of fused-ring (bicyclic) bond motifs is 1. The molecule has 1 amide bonds. The zero-order chi connectivity index (χ0) is 42.8. The van der Waals surface area contributed by atoms with Gasteiger partial charge in [0.2, 0.25) is 0 Å². The van der Waals surface area contributed by atoms with Crippen LogP contribution < -0.4 is 10.2 Å². The molecule has 2 fully saturated rings. The number of phenolic OH excluding ortho intramolecular Hbond substituents is 1. The van der Waals surface area contributed by atoms with Crippen LogP contribution in [0.3, 0.4) is 0 Å². The highest BCUT2D eigenvalue weighted by Crippen LogP contribution is 2.33. The number of halogens is 6. The van der Waals surface area contributed by atoms with Gasteiger partial charge in [-0.2, -0.15) is 26.3 Å². The van der Waals surface area contributed by atoms with Gasteiger partial charge in [-0.25, -0.2) is 14.6 Å². The number of hydrogen-bond donors (Lipinski definition) is 6. The number of aliphatic hydroxyl groups is 1. The van der Waals surface area contributed by atoms with Crippen molar-refractivity contribution in [2.24, 2.45) is 0 Å². The van der Waals surface area contributed by atoms with Gasteiger partial charge < -0.3 is 40.4 Å². The number of carbonyl (C=O) groups excluding carboxylic acids is 1. The highest BCUT2D eigenvalue weighted by molar-refractivity contribution is 7.16. The van der Waals surface area contributed by atoms with Crippen LogP contribution in [0.2, 0.25) is 0 Å². The molecule has 1 spiro atoms. The molecule has 2 saturated heterocycles. The van der Waals surface area contributed by atoms with E-state index in [1.807, 2.05) is 17.2 Å². The summed E-state index contributed by atoms with van der Waals surface area (Å²) < 4.78 is 70.5.